The normalized spacial score (nSPS) is 12.3. The van der Waals surface area contributed by atoms with E-state index in [2.05, 4.69) is 23.3 Å². The smallest absolute Gasteiger partial charge is 0.463 e. The zero-order valence-electron chi connectivity index (χ0n) is 19.2. The van der Waals surface area contributed by atoms with Crippen molar-refractivity contribution in [1.29, 1.82) is 0 Å². The maximum absolute atomic E-state index is 11.6. The molecule has 31 heavy (non-hydrogen) atoms. The molecule has 7 nitrogen and oxygen atoms in total. The summed E-state index contributed by atoms with van der Waals surface area (Å²) >= 11 is 0. The van der Waals surface area contributed by atoms with Crippen molar-refractivity contribution in [3.63, 3.8) is 0 Å². The van der Waals surface area contributed by atoms with Crippen LogP contribution in [0.25, 0.3) is 0 Å². The van der Waals surface area contributed by atoms with Crippen molar-refractivity contribution in [2.24, 2.45) is 0 Å². The third-order valence-electron chi connectivity index (χ3n) is 4.83. The highest BCUT2D eigenvalue weighted by Crippen LogP contribution is 2.35. The largest absolute Gasteiger partial charge is 0.469 e. The Hall–Kier alpha value is -0.900. The number of hydrogen-bond donors (Lipinski definition) is 3. The maximum atomic E-state index is 11.6. The summed E-state index contributed by atoms with van der Waals surface area (Å²) in [6, 6.07) is 0. The first-order valence-electron chi connectivity index (χ1n) is 11.8. The molecule has 0 aliphatic rings. The number of aliphatic hydroxyl groups is 1. The standard InChI is InChI=1S/C23H43O7P/c1-2-3-4-5-6-7-8-9-10-11-12-13-14-15-16-17-18-19-23(25)29-20-22(24)21-30-31(26,27)28/h22,24H,2-6,9-21H2,1H3,(H2,26,27,28). The minimum atomic E-state index is -4.62. The zero-order chi connectivity index (χ0) is 23.2. The minimum absolute atomic E-state index is 0.283. The van der Waals surface area contributed by atoms with E-state index in [-0.39, 0.29) is 13.0 Å². The Kier molecular flexibility index (Phi) is 20.4. The highest BCUT2D eigenvalue weighted by molar-refractivity contribution is 7.46. The Balaban J connectivity index is 3.34. The Bertz CT molecular complexity index is 536. The molecule has 0 aliphatic heterocycles. The van der Waals surface area contributed by atoms with Gasteiger partial charge in [0.1, 0.15) is 12.7 Å². The second kappa shape index (κ2) is 21.0. The number of esters is 1. The monoisotopic (exact) mass is 462 g/mol. The van der Waals surface area contributed by atoms with Gasteiger partial charge in [0.2, 0.25) is 0 Å². The molecule has 0 bridgehead atoms. The number of carbonyl (C=O) groups excluding carboxylic acids is 1. The van der Waals surface area contributed by atoms with Gasteiger partial charge < -0.3 is 19.6 Å². The van der Waals surface area contributed by atoms with E-state index in [0.29, 0.717) is 0 Å². The number of carbonyl (C=O) groups is 1. The number of rotatable bonds is 20. The predicted molar refractivity (Wildman–Crippen MR) is 122 cm³/mol. The molecule has 0 aliphatic carbocycles. The van der Waals surface area contributed by atoms with Crippen LogP contribution in [0.5, 0.6) is 0 Å². The van der Waals surface area contributed by atoms with Crippen LogP contribution in [0.2, 0.25) is 0 Å². The van der Waals surface area contributed by atoms with Gasteiger partial charge in [-0.3, -0.25) is 9.32 Å². The van der Waals surface area contributed by atoms with E-state index >= 15 is 0 Å². The number of phosphoric ester groups is 1. The predicted octanol–water partition coefficient (Wildman–Crippen LogP) is 5.26. The van der Waals surface area contributed by atoms with E-state index in [1.807, 2.05) is 0 Å². The van der Waals surface area contributed by atoms with E-state index in [1.54, 1.807) is 0 Å². The molecule has 0 spiro atoms. The van der Waals surface area contributed by atoms with Gasteiger partial charge in [0.15, 0.2) is 0 Å². The number of phosphoric acid groups is 1. The van der Waals surface area contributed by atoms with Crippen molar-refractivity contribution in [2.75, 3.05) is 13.2 Å². The van der Waals surface area contributed by atoms with Crippen molar-refractivity contribution < 1.29 is 33.5 Å². The first-order valence-corrected chi connectivity index (χ1v) is 13.4. The third-order valence-corrected chi connectivity index (χ3v) is 5.32. The van der Waals surface area contributed by atoms with Gasteiger partial charge in [-0.2, -0.15) is 0 Å². The highest BCUT2D eigenvalue weighted by Gasteiger charge is 2.17. The summed E-state index contributed by atoms with van der Waals surface area (Å²) in [5, 5.41) is 9.43. The Morgan fingerprint density at radius 1 is 0.806 bits per heavy atom. The molecule has 8 heteroatoms. The summed E-state index contributed by atoms with van der Waals surface area (Å²) in [6.07, 6.45) is 16.4. The average Bonchev–Trinajstić information content (AvgIpc) is 2.72. The fourth-order valence-electron chi connectivity index (χ4n) is 3.03. The van der Waals surface area contributed by atoms with E-state index in [4.69, 9.17) is 14.5 Å². The van der Waals surface area contributed by atoms with Gasteiger partial charge in [0, 0.05) is 19.3 Å². The van der Waals surface area contributed by atoms with Gasteiger partial charge >= 0.3 is 13.8 Å². The van der Waals surface area contributed by atoms with Gasteiger partial charge in [0.25, 0.3) is 0 Å². The van der Waals surface area contributed by atoms with Crippen LogP contribution in [0.3, 0.4) is 0 Å². The number of aliphatic hydroxyl groups excluding tert-OH is 1. The molecule has 0 radical (unpaired) electrons. The molecule has 0 saturated carbocycles. The summed E-state index contributed by atoms with van der Waals surface area (Å²) in [7, 11) is -4.62. The average molecular weight is 463 g/mol. The highest BCUT2D eigenvalue weighted by atomic mass is 31.2. The maximum Gasteiger partial charge on any atom is 0.469 e. The minimum Gasteiger partial charge on any atom is -0.463 e. The molecular formula is C23H43O7P. The number of unbranched alkanes of at least 4 members (excludes halogenated alkanes) is 13. The Morgan fingerprint density at radius 2 is 1.29 bits per heavy atom. The quantitative estimate of drug-likeness (QED) is 0.0978. The molecule has 0 heterocycles. The van der Waals surface area contributed by atoms with Crippen LogP contribution in [0.15, 0.2) is 0 Å². The lowest BCUT2D eigenvalue weighted by atomic mass is 10.1. The topological polar surface area (TPSA) is 113 Å². The van der Waals surface area contributed by atoms with Crippen LogP contribution in [-0.4, -0.2) is 40.2 Å². The zero-order valence-corrected chi connectivity index (χ0v) is 20.1. The van der Waals surface area contributed by atoms with E-state index < -0.39 is 26.5 Å². The molecule has 0 aromatic carbocycles. The molecule has 0 fully saturated rings. The molecule has 1 atom stereocenters. The third kappa shape index (κ3) is 25.2. The molecule has 1 unspecified atom stereocenters. The van der Waals surface area contributed by atoms with E-state index in [1.165, 1.54) is 64.2 Å². The van der Waals surface area contributed by atoms with Crippen LogP contribution < -0.4 is 0 Å². The van der Waals surface area contributed by atoms with Gasteiger partial charge in [-0.1, -0.05) is 71.1 Å². The summed E-state index contributed by atoms with van der Waals surface area (Å²) in [5.41, 5.74) is 0. The van der Waals surface area contributed by atoms with Crippen LogP contribution in [0, 0.1) is 11.8 Å². The lowest BCUT2D eigenvalue weighted by Gasteiger charge is -2.12. The fraction of sp³-hybridized carbons (Fsp3) is 0.870. The van der Waals surface area contributed by atoms with Crippen molar-refractivity contribution >= 4 is 13.8 Å². The second-order valence-electron chi connectivity index (χ2n) is 7.97. The molecule has 0 aromatic heterocycles. The molecule has 0 saturated heterocycles. The molecular weight excluding hydrogens is 419 g/mol. The summed E-state index contributed by atoms with van der Waals surface area (Å²) in [5.74, 6) is 6.15. The molecule has 182 valence electrons. The summed E-state index contributed by atoms with van der Waals surface area (Å²) in [4.78, 5) is 28.6. The molecule has 3 N–H and O–H groups in total. The van der Waals surface area contributed by atoms with Crippen LogP contribution >= 0.6 is 7.82 Å². The van der Waals surface area contributed by atoms with Crippen LogP contribution in [0.1, 0.15) is 110 Å². The Labute approximate surface area is 188 Å². The molecule has 0 rings (SSSR count). The number of ether oxygens (including phenoxy) is 1. The molecule has 0 amide bonds. The van der Waals surface area contributed by atoms with Gasteiger partial charge in [-0.05, 0) is 19.3 Å². The molecule has 0 aromatic rings. The van der Waals surface area contributed by atoms with Crippen molar-refractivity contribution in [3.8, 4) is 11.8 Å². The fourth-order valence-corrected chi connectivity index (χ4v) is 3.40. The first-order chi connectivity index (χ1) is 14.8. The van der Waals surface area contributed by atoms with Gasteiger partial charge in [0.05, 0.1) is 6.61 Å². The van der Waals surface area contributed by atoms with Crippen LogP contribution in [0.4, 0.5) is 0 Å². The van der Waals surface area contributed by atoms with Gasteiger partial charge in [-0.25, -0.2) is 4.57 Å². The summed E-state index contributed by atoms with van der Waals surface area (Å²) in [6.45, 7) is 1.32. The van der Waals surface area contributed by atoms with Crippen molar-refractivity contribution in [1.82, 2.24) is 0 Å². The SMILES string of the molecule is CCCCCCC#CCCCCCCCCCCCC(=O)OCC(O)COP(=O)(O)O. The van der Waals surface area contributed by atoms with Gasteiger partial charge in [-0.15, -0.1) is 11.8 Å². The lowest BCUT2D eigenvalue weighted by molar-refractivity contribution is -0.147. The van der Waals surface area contributed by atoms with E-state index in [0.717, 1.165) is 32.1 Å². The van der Waals surface area contributed by atoms with Crippen LogP contribution in [-0.2, 0) is 18.6 Å². The first kappa shape index (κ1) is 30.1. The number of hydrogen-bond acceptors (Lipinski definition) is 5. The van der Waals surface area contributed by atoms with Crippen molar-refractivity contribution in [2.45, 2.75) is 116 Å². The summed E-state index contributed by atoms with van der Waals surface area (Å²) < 4.78 is 19.5. The van der Waals surface area contributed by atoms with E-state index in [9.17, 15) is 14.5 Å². The van der Waals surface area contributed by atoms with Crippen molar-refractivity contribution in [3.05, 3.63) is 0 Å². The Morgan fingerprint density at radius 3 is 1.81 bits per heavy atom. The second-order valence-corrected chi connectivity index (χ2v) is 9.21. The lowest BCUT2D eigenvalue weighted by Crippen LogP contribution is -2.23.